The van der Waals surface area contributed by atoms with E-state index < -0.39 is 12.0 Å². The molecular formula is C19H30N2O4. The number of hydrogen-bond acceptors (Lipinski definition) is 5. The van der Waals surface area contributed by atoms with Crippen molar-refractivity contribution in [3.05, 3.63) is 35.9 Å². The van der Waals surface area contributed by atoms with Gasteiger partial charge in [0.25, 0.3) is 0 Å². The van der Waals surface area contributed by atoms with Crippen LogP contribution < -0.4 is 5.73 Å². The lowest BCUT2D eigenvalue weighted by atomic mass is 10.00. The molecule has 0 saturated carbocycles. The molecule has 0 aromatic heterocycles. The molecule has 2 unspecified atom stereocenters. The highest BCUT2D eigenvalue weighted by molar-refractivity contribution is 5.84. The fraction of sp³-hybridized carbons (Fsp3) is 0.579. The summed E-state index contributed by atoms with van der Waals surface area (Å²) in [7, 11) is 2.90. The van der Waals surface area contributed by atoms with Gasteiger partial charge in [0.05, 0.1) is 20.3 Å². The van der Waals surface area contributed by atoms with Gasteiger partial charge in [0.2, 0.25) is 5.91 Å². The Bertz CT molecular complexity index is 533. The van der Waals surface area contributed by atoms with Crippen molar-refractivity contribution in [2.24, 2.45) is 11.7 Å². The number of ether oxygens (including phenoxy) is 2. The van der Waals surface area contributed by atoms with E-state index >= 15 is 0 Å². The SMILES string of the molecule is COC(=O)C(COCc1ccccc1)N(C)C(=O)CCC(N)C(C)C. The van der Waals surface area contributed by atoms with Crippen LogP contribution in [0.3, 0.4) is 0 Å². The van der Waals surface area contributed by atoms with E-state index in [2.05, 4.69) is 0 Å². The summed E-state index contributed by atoms with van der Waals surface area (Å²) < 4.78 is 10.4. The monoisotopic (exact) mass is 350 g/mol. The zero-order valence-electron chi connectivity index (χ0n) is 15.6. The topological polar surface area (TPSA) is 81.9 Å². The quantitative estimate of drug-likeness (QED) is 0.653. The van der Waals surface area contributed by atoms with Crippen LogP contribution in [-0.4, -0.2) is 49.6 Å². The summed E-state index contributed by atoms with van der Waals surface area (Å²) >= 11 is 0. The number of esters is 1. The lowest BCUT2D eigenvalue weighted by Gasteiger charge is -2.26. The first-order chi connectivity index (χ1) is 11.9. The summed E-state index contributed by atoms with van der Waals surface area (Å²) in [5.41, 5.74) is 6.99. The van der Waals surface area contributed by atoms with Crippen LogP contribution in [0.5, 0.6) is 0 Å². The summed E-state index contributed by atoms with van der Waals surface area (Å²) in [6.07, 6.45) is 0.877. The van der Waals surface area contributed by atoms with Gasteiger partial charge in [-0.05, 0) is 17.9 Å². The number of carbonyl (C=O) groups is 2. The molecule has 0 aliphatic heterocycles. The molecule has 1 aromatic carbocycles. The van der Waals surface area contributed by atoms with Crippen molar-refractivity contribution in [2.45, 2.75) is 45.4 Å². The molecule has 2 N–H and O–H groups in total. The molecular weight excluding hydrogens is 320 g/mol. The van der Waals surface area contributed by atoms with Crippen molar-refractivity contribution in [2.75, 3.05) is 20.8 Å². The molecule has 0 aliphatic rings. The van der Waals surface area contributed by atoms with Crippen molar-refractivity contribution in [3.63, 3.8) is 0 Å². The Hall–Kier alpha value is -1.92. The molecule has 0 heterocycles. The first kappa shape index (κ1) is 21.1. The van der Waals surface area contributed by atoms with Crippen LogP contribution in [0.2, 0.25) is 0 Å². The third-order valence-corrected chi connectivity index (χ3v) is 4.27. The molecule has 1 aromatic rings. The number of likely N-dealkylation sites (N-methyl/N-ethyl adjacent to an activating group) is 1. The van der Waals surface area contributed by atoms with Gasteiger partial charge in [0.15, 0.2) is 6.04 Å². The van der Waals surface area contributed by atoms with E-state index in [1.165, 1.54) is 12.0 Å². The number of nitrogens with two attached hydrogens (primary N) is 1. The number of amides is 1. The fourth-order valence-electron chi connectivity index (χ4n) is 2.31. The molecule has 0 spiro atoms. The number of hydrogen-bond donors (Lipinski definition) is 1. The number of benzene rings is 1. The molecule has 1 amide bonds. The van der Waals surface area contributed by atoms with Gasteiger partial charge in [-0.1, -0.05) is 44.2 Å². The molecule has 25 heavy (non-hydrogen) atoms. The van der Waals surface area contributed by atoms with E-state index in [1.54, 1.807) is 7.05 Å². The van der Waals surface area contributed by atoms with Crippen molar-refractivity contribution in [1.82, 2.24) is 4.90 Å². The second kappa shape index (κ2) is 10.8. The van der Waals surface area contributed by atoms with Gasteiger partial charge in [-0.25, -0.2) is 4.79 Å². The number of nitrogens with zero attached hydrogens (tertiary/aromatic N) is 1. The van der Waals surface area contributed by atoms with E-state index in [9.17, 15) is 9.59 Å². The maximum Gasteiger partial charge on any atom is 0.330 e. The molecule has 1 rings (SSSR count). The molecule has 6 heteroatoms. The predicted octanol–water partition coefficient (Wildman–Crippen LogP) is 1.97. The highest BCUT2D eigenvalue weighted by Crippen LogP contribution is 2.10. The first-order valence-electron chi connectivity index (χ1n) is 8.57. The molecule has 6 nitrogen and oxygen atoms in total. The molecule has 140 valence electrons. The van der Waals surface area contributed by atoms with Gasteiger partial charge in [-0.2, -0.15) is 0 Å². The van der Waals surface area contributed by atoms with Crippen LogP contribution in [0.4, 0.5) is 0 Å². The van der Waals surface area contributed by atoms with Gasteiger partial charge in [-0.3, -0.25) is 4.79 Å². The Morgan fingerprint density at radius 2 is 1.84 bits per heavy atom. The normalized spacial score (nSPS) is 13.4. The minimum Gasteiger partial charge on any atom is -0.467 e. The van der Waals surface area contributed by atoms with E-state index in [0.29, 0.717) is 25.4 Å². The summed E-state index contributed by atoms with van der Waals surface area (Å²) in [5, 5.41) is 0. The largest absolute Gasteiger partial charge is 0.467 e. The number of carbonyl (C=O) groups excluding carboxylic acids is 2. The third-order valence-electron chi connectivity index (χ3n) is 4.27. The van der Waals surface area contributed by atoms with E-state index in [-0.39, 0.29) is 18.6 Å². The molecule has 0 saturated heterocycles. The average molecular weight is 350 g/mol. The maximum absolute atomic E-state index is 12.4. The zero-order valence-corrected chi connectivity index (χ0v) is 15.6. The summed E-state index contributed by atoms with van der Waals surface area (Å²) in [6, 6.07) is 8.84. The van der Waals surface area contributed by atoms with Crippen molar-refractivity contribution in [3.8, 4) is 0 Å². The second-order valence-electron chi connectivity index (χ2n) is 6.49. The number of methoxy groups -OCH3 is 1. The van der Waals surface area contributed by atoms with E-state index in [1.807, 2.05) is 44.2 Å². The van der Waals surface area contributed by atoms with Crippen molar-refractivity contribution >= 4 is 11.9 Å². The van der Waals surface area contributed by atoms with Crippen molar-refractivity contribution < 1.29 is 19.1 Å². The van der Waals surface area contributed by atoms with Gasteiger partial charge in [-0.15, -0.1) is 0 Å². The molecule has 0 radical (unpaired) electrons. The molecule has 0 bridgehead atoms. The maximum atomic E-state index is 12.4. The van der Waals surface area contributed by atoms with Crippen LogP contribution in [0.15, 0.2) is 30.3 Å². The average Bonchev–Trinajstić information content (AvgIpc) is 2.62. The van der Waals surface area contributed by atoms with Gasteiger partial charge < -0.3 is 20.1 Å². The van der Waals surface area contributed by atoms with Crippen LogP contribution in [-0.2, 0) is 25.7 Å². The number of rotatable bonds is 10. The van der Waals surface area contributed by atoms with Crippen LogP contribution in [0, 0.1) is 5.92 Å². The van der Waals surface area contributed by atoms with Gasteiger partial charge >= 0.3 is 5.97 Å². The summed E-state index contributed by atoms with van der Waals surface area (Å²) in [4.78, 5) is 25.8. The Morgan fingerprint density at radius 3 is 2.40 bits per heavy atom. The summed E-state index contributed by atoms with van der Waals surface area (Å²) in [6.45, 7) is 4.50. The molecule has 2 atom stereocenters. The Kier molecular flexibility index (Phi) is 9.16. The fourth-order valence-corrected chi connectivity index (χ4v) is 2.31. The second-order valence-corrected chi connectivity index (χ2v) is 6.49. The zero-order chi connectivity index (χ0) is 18.8. The van der Waals surface area contributed by atoms with E-state index in [4.69, 9.17) is 15.2 Å². The standard InChI is InChI=1S/C19H30N2O4/c1-14(2)16(20)10-11-18(22)21(3)17(19(23)24-4)13-25-12-15-8-6-5-7-9-15/h5-9,14,16-17H,10-13,20H2,1-4H3. The van der Waals surface area contributed by atoms with Gasteiger partial charge in [0.1, 0.15) is 0 Å². The van der Waals surface area contributed by atoms with Crippen LogP contribution >= 0.6 is 0 Å². The first-order valence-corrected chi connectivity index (χ1v) is 8.57. The Morgan fingerprint density at radius 1 is 1.20 bits per heavy atom. The van der Waals surface area contributed by atoms with Gasteiger partial charge in [0, 0.05) is 19.5 Å². The Labute approximate surface area is 150 Å². The third kappa shape index (κ3) is 7.23. The predicted molar refractivity (Wildman–Crippen MR) is 96.7 cm³/mol. The van der Waals surface area contributed by atoms with Crippen LogP contribution in [0.25, 0.3) is 0 Å². The molecule has 0 fully saturated rings. The summed E-state index contributed by atoms with van der Waals surface area (Å²) in [5.74, 6) is -0.324. The van der Waals surface area contributed by atoms with Crippen molar-refractivity contribution in [1.29, 1.82) is 0 Å². The lowest BCUT2D eigenvalue weighted by Crippen LogP contribution is -2.46. The van der Waals surface area contributed by atoms with Crippen LogP contribution in [0.1, 0.15) is 32.3 Å². The minimum atomic E-state index is -0.767. The highest BCUT2D eigenvalue weighted by Gasteiger charge is 2.28. The Balaban J connectivity index is 2.57. The smallest absolute Gasteiger partial charge is 0.330 e. The minimum absolute atomic E-state index is 0.0387. The van der Waals surface area contributed by atoms with E-state index in [0.717, 1.165) is 5.56 Å². The molecule has 0 aliphatic carbocycles. The highest BCUT2D eigenvalue weighted by atomic mass is 16.5. The lowest BCUT2D eigenvalue weighted by molar-refractivity contribution is -0.154.